The first kappa shape index (κ1) is 13.5. The molecule has 0 radical (unpaired) electrons. The van der Waals surface area contributed by atoms with Crippen LogP contribution in [0.25, 0.3) is 0 Å². The number of benzene rings is 1. The lowest BCUT2D eigenvalue weighted by Gasteiger charge is -2.07. The standard InChI is InChI=1S/C14H16N2O2S/c1-10-6-7-13(12(15)8-10)19(17)9-11-4-3-5-14(16-11)18-2/h3-8H,9,15H2,1-2H3. The monoisotopic (exact) mass is 276 g/mol. The van der Waals surface area contributed by atoms with E-state index < -0.39 is 10.8 Å². The van der Waals surface area contributed by atoms with E-state index in [2.05, 4.69) is 4.98 Å². The van der Waals surface area contributed by atoms with Crippen molar-refractivity contribution in [3.63, 3.8) is 0 Å². The van der Waals surface area contributed by atoms with Crippen molar-refractivity contribution in [3.8, 4) is 5.88 Å². The summed E-state index contributed by atoms with van der Waals surface area (Å²) in [7, 11) is 0.349. The first-order valence-corrected chi connectivity index (χ1v) is 7.16. The van der Waals surface area contributed by atoms with Crippen molar-refractivity contribution in [1.29, 1.82) is 0 Å². The molecule has 0 fully saturated rings. The molecule has 1 aromatic heterocycles. The highest BCUT2D eigenvalue weighted by Gasteiger charge is 2.10. The van der Waals surface area contributed by atoms with E-state index in [1.54, 1.807) is 19.2 Å². The number of hydrogen-bond donors (Lipinski definition) is 1. The maximum Gasteiger partial charge on any atom is 0.213 e. The summed E-state index contributed by atoms with van der Waals surface area (Å²) in [5.41, 5.74) is 8.22. The van der Waals surface area contributed by atoms with Crippen LogP contribution in [-0.4, -0.2) is 16.3 Å². The van der Waals surface area contributed by atoms with Crippen LogP contribution >= 0.6 is 0 Å². The molecule has 2 rings (SSSR count). The van der Waals surface area contributed by atoms with E-state index in [4.69, 9.17) is 10.5 Å². The maximum atomic E-state index is 12.3. The van der Waals surface area contributed by atoms with Gasteiger partial charge in [-0.3, -0.25) is 4.21 Å². The molecule has 1 heterocycles. The molecular weight excluding hydrogens is 260 g/mol. The zero-order valence-electron chi connectivity index (χ0n) is 10.9. The second kappa shape index (κ2) is 5.84. The molecule has 0 amide bonds. The van der Waals surface area contributed by atoms with Crippen LogP contribution in [0, 0.1) is 6.92 Å². The van der Waals surface area contributed by atoms with Crippen LogP contribution in [-0.2, 0) is 16.6 Å². The average Bonchev–Trinajstić information content (AvgIpc) is 2.38. The van der Waals surface area contributed by atoms with Gasteiger partial charge in [0.25, 0.3) is 0 Å². The number of pyridine rings is 1. The maximum absolute atomic E-state index is 12.3. The highest BCUT2D eigenvalue weighted by Crippen LogP contribution is 2.20. The smallest absolute Gasteiger partial charge is 0.213 e. The third-order valence-corrected chi connectivity index (χ3v) is 4.10. The van der Waals surface area contributed by atoms with Crippen molar-refractivity contribution >= 4 is 16.5 Å². The van der Waals surface area contributed by atoms with Crippen molar-refractivity contribution in [2.24, 2.45) is 0 Å². The van der Waals surface area contributed by atoms with E-state index >= 15 is 0 Å². The molecule has 0 bridgehead atoms. The van der Waals surface area contributed by atoms with E-state index in [9.17, 15) is 4.21 Å². The Balaban J connectivity index is 2.20. The minimum atomic E-state index is -1.21. The normalized spacial score (nSPS) is 12.1. The highest BCUT2D eigenvalue weighted by molar-refractivity contribution is 7.84. The molecule has 100 valence electrons. The summed E-state index contributed by atoms with van der Waals surface area (Å²) < 4.78 is 17.3. The van der Waals surface area contributed by atoms with Gasteiger partial charge < -0.3 is 10.5 Å². The second-order valence-electron chi connectivity index (χ2n) is 4.20. The molecule has 1 atom stereocenters. The zero-order chi connectivity index (χ0) is 13.8. The summed E-state index contributed by atoms with van der Waals surface area (Å²) in [6.45, 7) is 1.95. The second-order valence-corrected chi connectivity index (χ2v) is 5.62. The summed E-state index contributed by atoms with van der Waals surface area (Å²) in [6.07, 6.45) is 0. The van der Waals surface area contributed by atoms with E-state index in [-0.39, 0.29) is 0 Å². The Labute approximate surface area is 115 Å². The molecule has 0 saturated carbocycles. The van der Waals surface area contributed by atoms with E-state index in [0.717, 1.165) is 11.3 Å². The molecule has 4 nitrogen and oxygen atoms in total. The van der Waals surface area contributed by atoms with Crippen LogP contribution in [0.2, 0.25) is 0 Å². The number of nitrogens with two attached hydrogens (primary N) is 1. The first-order valence-electron chi connectivity index (χ1n) is 5.84. The summed E-state index contributed by atoms with van der Waals surface area (Å²) in [6, 6.07) is 10.9. The lowest BCUT2D eigenvalue weighted by molar-refractivity contribution is 0.397. The first-order chi connectivity index (χ1) is 9.10. The van der Waals surface area contributed by atoms with E-state index in [1.165, 1.54) is 0 Å². The van der Waals surface area contributed by atoms with Crippen molar-refractivity contribution in [3.05, 3.63) is 47.7 Å². The fourth-order valence-corrected chi connectivity index (χ4v) is 2.87. The van der Waals surface area contributed by atoms with Crippen LogP contribution in [0.15, 0.2) is 41.3 Å². The van der Waals surface area contributed by atoms with Gasteiger partial charge in [0, 0.05) is 11.8 Å². The van der Waals surface area contributed by atoms with E-state index in [1.807, 2.05) is 31.2 Å². The topological polar surface area (TPSA) is 65.2 Å². The molecule has 0 aliphatic rings. The van der Waals surface area contributed by atoms with Crippen LogP contribution < -0.4 is 10.5 Å². The minimum absolute atomic E-state index is 0.324. The number of anilines is 1. The summed E-state index contributed by atoms with van der Waals surface area (Å²) in [5.74, 6) is 0.844. The van der Waals surface area contributed by atoms with Gasteiger partial charge in [-0.25, -0.2) is 4.98 Å². The third kappa shape index (κ3) is 3.32. The number of methoxy groups -OCH3 is 1. The lowest BCUT2D eigenvalue weighted by atomic mass is 10.2. The van der Waals surface area contributed by atoms with Gasteiger partial charge in [0.05, 0.1) is 34.3 Å². The molecular formula is C14H16N2O2S. The predicted molar refractivity (Wildman–Crippen MR) is 76.5 cm³/mol. The summed E-state index contributed by atoms with van der Waals surface area (Å²) >= 11 is 0. The Morgan fingerprint density at radius 3 is 2.79 bits per heavy atom. The number of hydrogen-bond acceptors (Lipinski definition) is 4. The van der Waals surface area contributed by atoms with Gasteiger partial charge in [-0.15, -0.1) is 0 Å². The average molecular weight is 276 g/mol. The van der Waals surface area contributed by atoms with Gasteiger partial charge in [0.1, 0.15) is 0 Å². The van der Waals surface area contributed by atoms with Gasteiger partial charge in [-0.05, 0) is 30.7 Å². The largest absolute Gasteiger partial charge is 0.481 e. The molecule has 0 saturated heterocycles. The number of nitrogen functional groups attached to an aromatic ring is 1. The van der Waals surface area contributed by atoms with Gasteiger partial charge in [-0.1, -0.05) is 12.1 Å². The van der Waals surface area contributed by atoms with Crippen molar-refractivity contribution in [2.75, 3.05) is 12.8 Å². The number of nitrogens with zero attached hydrogens (tertiary/aromatic N) is 1. The molecule has 5 heteroatoms. The Hall–Kier alpha value is -1.88. The summed E-state index contributed by atoms with van der Waals surface area (Å²) in [5, 5.41) is 0. The van der Waals surface area contributed by atoms with Gasteiger partial charge in [0.2, 0.25) is 5.88 Å². The Morgan fingerprint density at radius 1 is 1.32 bits per heavy atom. The molecule has 0 aliphatic heterocycles. The SMILES string of the molecule is COc1cccc(CS(=O)c2ccc(C)cc2N)n1. The number of aryl methyl sites for hydroxylation is 1. The quantitative estimate of drug-likeness (QED) is 0.870. The fourth-order valence-electron chi connectivity index (χ4n) is 1.74. The highest BCUT2D eigenvalue weighted by atomic mass is 32.2. The molecule has 1 aromatic carbocycles. The van der Waals surface area contributed by atoms with Crippen LogP contribution in [0.3, 0.4) is 0 Å². The van der Waals surface area contributed by atoms with Crippen LogP contribution in [0.1, 0.15) is 11.3 Å². The van der Waals surface area contributed by atoms with Crippen molar-refractivity contribution in [2.45, 2.75) is 17.6 Å². The molecule has 2 N–H and O–H groups in total. The zero-order valence-corrected chi connectivity index (χ0v) is 11.7. The van der Waals surface area contributed by atoms with Crippen molar-refractivity contribution < 1.29 is 8.95 Å². The van der Waals surface area contributed by atoms with Gasteiger partial charge in [0.15, 0.2) is 0 Å². The Morgan fingerprint density at radius 2 is 2.11 bits per heavy atom. The summed E-state index contributed by atoms with van der Waals surface area (Å²) in [4.78, 5) is 4.90. The molecule has 2 aromatic rings. The molecule has 1 unspecified atom stereocenters. The molecule has 19 heavy (non-hydrogen) atoms. The number of rotatable bonds is 4. The fraction of sp³-hybridized carbons (Fsp3) is 0.214. The van der Waals surface area contributed by atoms with Crippen LogP contribution in [0.4, 0.5) is 5.69 Å². The third-order valence-electron chi connectivity index (χ3n) is 2.68. The minimum Gasteiger partial charge on any atom is -0.481 e. The van der Waals surface area contributed by atoms with Crippen molar-refractivity contribution in [1.82, 2.24) is 4.98 Å². The molecule has 0 spiro atoms. The lowest BCUT2D eigenvalue weighted by Crippen LogP contribution is -2.03. The number of ether oxygens (including phenoxy) is 1. The van der Waals surface area contributed by atoms with Crippen LogP contribution in [0.5, 0.6) is 5.88 Å². The Kier molecular flexibility index (Phi) is 4.16. The number of aromatic nitrogens is 1. The Bertz CT molecular complexity index is 614. The molecule has 0 aliphatic carbocycles. The van der Waals surface area contributed by atoms with Gasteiger partial charge in [-0.2, -0.15) is 0 Å². The predicted octanol–water partition coefficient (Wildman–Crippen LogP) is 2.29. The van der Waals surface area contributed by atoms with Gasteiger partial charge >= 0.3 is 0 Å². The van der Waals surface area contributed by atoms with E-state index in [0.29, 0.717) is 22.2 Å².